The summed E-state index contributed by atoms with van der Waals surface area (Å²) < 4.78 is 10.8. The fraction of sp³-hybridized carbons (Fsp3) is 0.412. The molecule has 0 unspecified atom stereocenters. The van der Waals surface area contributed by atoms with E-state index >= 15 is 0 Å². The highest BCUT2D eigenvalue weighted by molar-refractivity contribution is 6.01. The summed E-state index contributed by atoms with van der Waals surface area (Å²) >= 11 is 0. The first-order valence-electron chi connectivity index (χ1n) is 7.75. The van der Waals surface area contributed by atoms with Gasteiger partial charge < -0.3 is 19.7 Å². The Labute approximate surface area is 135 Å². The van der Waals surface area contributed by atoms with E-state index in [0.29, 0.717) is 31.9 Å². The predicted molar refractivity (Wildman–Crippen MR) is 84.9 cm³/mol. The van der Waals surface area contributed by atoms with E-state index in [1.165, 1.54) is 0 Å². The van der Waals surface area contributed by atoms with Crippen molar-refractivity contribution in [3.63, 3.8) is 0 Å². The Hall–Kier alpha value is -2.34. The van der Waals surface area contributed by atoms with Gasteiger partial charge in [0.2, 0.25) is 5.91 Å². The molecular weight excluding hydrogens is 296 g/mol. The molecular formula is C17H20N2O4. The molecule has 6 heteroatoms. The highest BCUT2D eigenvalue weighted by Gasteiger charge is 2.25. The van der Waals surface area contributed by atoms with Crippen molar-refractivity contribution < 1.29 is 19.1 Å². The Bertz CT molecular complexity index is 635. The summed E-state index contributed by atoms with van der Waals surface area (Å²) in [6, 6.07) is 6.97. The third kappa shape index (κ3) is 3.53. The van der Waals surface area contributed by atoms with Gasteiger partial charge >= 0.3 is 0 Å². The number of para-hydroxylation sites is 1. The maximum absolute atomic E-state index is 12.4. The lowest BCUT2D eigenvalue weighted by molar-refractivity contribution is -0.138. The average molecular weight is 316 g/mol. The van der Waals surface area contributed by atoms with Crippen molar-refractivity contribution >= 4 is 17.9 Å². The molecule has 0 spiro atoms. The zero-order valence-electron chi connectivity index (χ0n) is 13.1. The fourth-order valence-corrected chi connectivity index (χ4v) is 2.66. The molecule has 0 aliphatic carbocycles. The summed E-state index contributed by atoms with van der Waals surface area (Å²) in [5.74, 6) is 0.412. The maximum Gasteiger partial charge on any atom is 0.251 e. The molecule has 0 bridgehead atoms. The fourth-order valence-electron chi connectivity index (χ4n) is 2.66. The van der Waals surface area contributed by atoms with E-state index in [1.54, 1.807) is 17.9 Å². The minimum Gasteiger partial charge on any atom is -0.488 e. The number of nitrogens with zero attached hydrogens (tertiary/aromatic N) is 1. The average Bonchev–Trinajstić information content (AvgIpc) is 2.61. The number of carbonyl (C=O) groups excluding carboxylic acids is 2. The van der Waals surface area contributed by atoms with Gasteiger partial charge in [0.15, 0.2) is 0 Å². The second kappa shape index (κ2) is 6.83. The molecule has 0 saturated carbocycles. The highest BCUT2D eigenvalue weighted by Crippen LogP contribution is 2.25. The topological polar surface area (TPSA) is 67.9 Å². The molecule has 2 aliphatic heterocycles. The Kier molecular flexibility index (Phi) is 4.62. The van der Waals surface area contributed by atoms with Gasteiger partial charge in [-0.25, -0.2) is 0 Å². The minimum atomic E-state index is -0.571. The van der Waals surface area contributed by atoms with Crippen molar-refractivity contribution in [3.8, 4) is 5.75 Å². The van der Waals surface area contributed by atoms with Crippen LogP contribution in [0.15, 0.2) is 29.8 Å². The number of morpholine rings is 1. The van der Waals surface area contributed by atoms with E-state index in [2.05, 4.69) is 5.32 Å². The molecule has 2 heterocycles. The van der Waals surface area contributed by atoms with Crippen LogP contribution in [0.5, 0.6) is 5.75 Å². The predicted octanol–water partition coefficient (Wildman–Crippen LogP) is 0.826. The SMILES string of the molecule is C[C@@H](NC(=O)C1=Cc2ccccc2OC1)C(=O)N1CCOCC1. The molecule has 1 fully saturated rings. The largest absolute Gasteiger partial charge is 0.488 e. The quantitative estimate of drug-likeness (QED) is 0.897. The van der Waals surface area contributed by atoms with Crippen molar-refractivity contribution in [1.29, 1.82) is 0 Å². The van der Waals surface area contributed by atoms with Crippen molar-refractivity contribution in [2.24, 2.45) is 0 Å². The lowest BCUT2D eigenvalue weighted by Gasteiger charge is -2.29. The number of nitrogens with one attached hydrogen (secondary N) is 1. The number of hydrogen-bond acceptors (Lipinski definition) is 4. The highest BCUT2D eigenvalue weighted by atomic mass is 16.5. The summed E-state index contributed by atoms with van der Waals surface area (Å²) in [5, 5.41) is 2.76. The van der Waals surface area contributed by atoms with Gasteiger partial charge in [-0.1, -0.05) is 18.2 Å². The molecule has 23 heavy (non-hydrogen) atoms. The number of amides is 2. The first-order valence-corrected chi connectivity index (χ1v) is 7.75. The number of carbonyl (C=O) groups is 2. The summed E-state index contributed by atoms with van der Waals surface area (Å²) in [6.45, 7) is 4.13. The number of ether oxygens (including phenoxy) is 2. The van der Waals surface area contributed by atoms with E-state index < -0.39 is 6.04 Å². The van der Waals surface area contributed by atoms with Crippen LogP contribution in [0, 0.1) is 0 Å². The van der Waals surface area contributed by atoms with Gasteiger partial charge in [-0.2, -0.15) is 0 Å². The molecule has 0 radical (unpaired) electrons. The van der Waals surface area contributed by atoms with Gasteiger partial charge in [-0.15, -0.1) is 0 Å². The van der Waals surface area contributed by atoms with E-state index in [0.717, 1.165) is 11.3 Å². The lowest BCUT2D eigenvalue weighted by atomic mass is 10.1. The summed E-state index contributed by atoms with van der Waals surface area (Å²) in [7, 11) is 0. The standard InChI is InChI=1S/C17H20N2O4/c1-12(17(21)19-6-8-22-9-7-19)18-16(20)14-10-13-4-2-3-5-15(13)23-11-14/h2-5,10,12H,6-9,11H2,1H3,(H,18,20)/t12-/m1/s1. The van der Waals surface area contributed by atoms with Crippen LogP contribution in [0.1, 0.15) is 12.5 Å². The number of benzene rings is 1. The first kappa shape index (κ1) is 15.6. The molecule has 2 aliphatic rings. The molecule has 1 aromatic rings. The van der Waals surface area contributed by atoms with Crippen LogP contribution in [0.4, 0.5) is 0 Å². The lowest BCUT2D eigenvalue weighted by Crippen LogP contribution is -2.51. The van der Waals surface area contributed by atoms with E-state index in [-0.39, 0.29) is 18.4 Å². The van der Waals surface area contributed by atoms with Crippen molar-refractivity contribution in [2.75, 3.05) is 32.9 Å². The molecule has 2 amide bonds. The Morgan fingerprint density at radius 1 is 1.22 bits per heavy atom. The van der Waals surface area contributed by atoms with E-state index in [9.17, 15) is 9.59 Å². The maximum atomic E-state index is 12.4. The summed E-state index contributed by atoms with van der Waals surface area (Å²) in [6.07, 6.45) is 1.81. The Balaban J connectivity index is 1.63. The zero-order chi connectivity index (χ0) is 16.2. The molecule has 1 N–H and O–H groups in total. The van der Waals surface area contributed by atoms with Gasteiger partial charge in [-0.3, -0.25) is 9.59 Å². The van der Waals surface area contributed by atoms with Gasteiger partial charge in [-0.05, 0) is 19.1 Å². The van der Waals surface area contributed by atoms with Gasteiger partial charge in [0.1, 0.15) is 18.4 Å². The smallest absolute Gasteiger partial charge is 0.251 e. The van der Waals surface area contributed by atoms with E-state index in [1.807, 2.05) is 24.3 Å². The summed E-state index contributed by atoms with van der Waals surface area (Å²) in [5.41, 5.74) is 1.39. The molecule has 1 atom stereocenters. The second-order valence-corrected chi connectivity index (χ2v) is 5.63. The van der Waals surface area contributed by atoms with Crippen molar-refractivity contribution in [1.82, 2.24) is 10.2 Å². The van der Waals surface area contributed by atoms with Crippen molar-refractivity contribution in [3.05, 3.63) is 35.4 Å². The van der Waals surface area contributed by atoms with Gasteiger partial charge in [0, 0.05) is 18.7 Å². The van der Waals surface area contributed by atoms with Gasteiger partial charge in [0.05, 0.1) is 18.8 Å². The van der Waals surface area contributed by atoms with Crippen LogP contribution in [-0.2, 0) is 14.3 Å². The van der Waals surface area contributed by atoms with Crippen LogP contribution in [-0.4, -0.2) is 55.7 Å². The van der Waals surface area contributed by atoms with Crippen LogP contribution >= 0.6 is 0 Å². The molecule has 122 valence electrons. The van der Waals surface area contributed by atoms with Crippen LogP contribution in [0.3, 0.4) is 0 Å². The van der Waals surface area contributed by atoms with Crippen LogP contribution in [0.25, 0.3) is 6.08 Å². The number of fused-ring (bicyclic) bond motifs is 1. The number of rotatable bonds is 3. The van der Waals surface area contributed by atoms with Crippen LogP contribution in [0.2, 0.25) is 0 Å². The molecule has 3 rings (SSSR count). The normalized spacial score (nSPS) is 18.3. The minimum absolute atomic E-state index is 0.0839. The summed E-state index contributed by atoms with van der Waals surface area (Å²) in [4.78, 5) is 26.4. The van der Waals surface area contributed by atoms with Gasteiger partial charge in [0.25, 0.3) is 5.91 Å². The molecule has 6 nitrogen and oxygen atoms in total. The molecule has 0 aromatic heterocycles. The third-order valence-electron chi connectivity index (χ3n) is 3.96. The Morgan fingerprint density at radius 3 is 2.74 bits per heavy atom. The first-order chi connectivity index (χ1) is 11.1. The zero-order valence-corrected chi connectivity index (χ0v) is 13.1. The van der Waals surface area contributed by atoms with E-state index in [4.69, 9.17) is 9.47 Å². The third-order valence-corrected chi connectivity index (χ3v) is 3.96. The monoisotopic (exact) mass is 316 g/mol. The second-order valence-electron chi connectivity index (χ2n) is 5.63. The number of hydrogen-bond donors (Lipinski definition) is 1. The van der Waals surface area contributed by atoms with Crippen LogP contribution < -0.4 is 10.1 Å². The Morgan fingerprint density at radius 2 is 1.96 bits per heavy atom. The van der Waals surface area contributed by atoms with Crippen molar-refractivity contribution in [2.45, 2.75) is 13.0 Å². The molecule has 1 saturated heterocycles. The molecule has 1 aromatic carbocycles.